The molecule has 0 bridgehead atoms. The zero-order valence-corrected chi connectivity index (χ0v) is 20.8. The van der Waals surface area contributed by atoms with Gasteiger partial charge in [0.05, 0.1) is 6.61 Å². The fourth-order valence-corrected chi connectivity index (χ4v) is 16.0. The summed E-state index contributed by atoms with van der Waals surface area (Å²) in [6.07, 6.45) is -1.07. The van der Waals surface area contributed by atoms with Gasteiger partial charge in [0.25, 0.3) is 0 Å². The number of rotatable bonds is 6. The van der Waals surface area contributed by atoms with Crippen molar-refractivity contribution in [1.29, 1.82) is 0 Å². The van der Waals surface area contributed by atoms with Gasteiger partial charge in [0.15, 0.2) is 0 Å². The summed E-state index contributed by atoms with van der Waals surface area (Å²) in [6, 6.07) is -0.934. The SMILES string of the molecule is [B]C1OC2CO[Si](C(C)C)(C(C)C)O[Si](C(C)C)(C(C)C)O[C@H]2[C@@]1(O)CCO. The maximum atomic E-state index is 11.3. The summed E-state index contributed by atoms with van der Waals surface area (Å²) >= 11 is 0. The topological polar surface area (TPSA) is 77.4 Å². The average Bonchev–Trinajstić information content (AvgIpc) is 2.78. The van der Waals surface area contributed by atoms with Crippen LogP contribution in [-0.4, -0.2) is 72.2 Å². The van der Waals surface area contributed by atoms with Gasteiger partial charge in [0.2, 0.25) is 0 Å². The molecule has 2 aliphatic rings. The minimum atomic E-state index is -2.85. The number of aliphatic hydroxyl groups is 2. The van der Waals surface area contributed by atoms with Gasteiger partial charge in [-0.2, -0.15) is 0 Å². The quantitative estimate of drug-likeness (QED) is 0.631. The smallest absolute Gasteiger partial charge is 0.335 e. The van der Waals surface area contributed by atoms with Crippen LogP contribution in [0.2, 0.25) is 22.2 Å². The Labute approximate surface area is 174 Å². The molecule has 0 aromatic rings. The summed E-state index contributed by atoms with van der Waals surface area (Å²) in [5, 5.41) is 20.8. The third-order valence-electron chi connectivity index (χ3n) is 6.48. The summed E-state index contributed by atoms with van der Waals surface area (Å²) < 4.78 is 26.4. The number of aliphatic hydroxyl groups excluding tert-OH is 1. The maximum absolute atomic E-state index is 11.3. The Morgan fingerprint density at radius 2 is 1.46 bits per heavy atom. The van der Waals surface area contributed by atoms with Crippen LogP contribution in [0.4, 0.5) is 0 Å². The van der Waals surface area contributed by atoms with E-state index in [-0.39, 0.29) is 41.8 Å². The number of hydrogen-bond acceptors (Lipinski definition) is 6. The van der Waals surface area contributed by atoms with Crippen LogP contribution >= 0.6 is 0 Å². The van der Waals surface area contributed by atoms with E-state index in [0.717, 1.165) is 0 Å². The van der Waals surface area contributed by atoms with E-state index >= 15 is 0 Å². The van der Waals surface area contributed by atoms with E-state index in [1.165, 1.54) is 0 Å². The Morgan fingerprint density at radius 1 is 0.964 bits per heavy atom. The van der Waals surface area contributed by atoms with Gasteiger partial charge in [-0.05, 0) is 22.2 Å². The van der Waals surface area contributed by atoms with Crippen LogP contribution in [0, 0.1) is 0 Å². The zero-order valence-electron chi connectivity index (χ0n) is 18.8. The lowest BCUT2D eigenvalue weighted by Gasteiger charge is -2.52. The van der Waals surface area contributed by atoms with Crippen molar-refractivity contribution in [2.45, 2.75) is 108 Å². The predicted octanol–water partition coefficient (Wildman–Crippen LogP) is 2.95. The van der Waals surface area contributed by atoms with Crippen molar-refractivity contribution in [1.82, 2.24) is 0 Å². The second kappa shape index (κ2) is 8.78. The van der Waals surface area contributed by atoms with Crippen molar-refractivity contribution in [3.63, 3.8) is 0 Å². The molecule has 2 fully saturated rings. The molecule has 28 heavy (non-hydrogen) atoms. The summed E-state index contributed by atoms with van der Waals surface area (Å²) in [5.41, 5.74) is -0.693. The lowest BCUT2D eigenvalue weighted by Crippen LogP contribution is -2.67. The Balaban J connectivity index is 2.59. The molecule has 2 unspecified atom stereocenters. The molecule has 0 amide bonds. The van der Waals surface area contributed by atoms with Gasteiger partial charge in [-0.3, -0.25) is 0 Å². The Kier molecular flexibility index (Phi) is 7.69. The van der Waals surface area contributed by atoms with Gasteiger partial charge in [-0.1, -0.05) is 55.4 Å². The summed E-state index contributed by atoms with van der Waals surface area (Å²) in [6.45, 7) is 17.2. The van der Waals surface area contributed by atoms with Crippen molar-refractivity contribution in [2.75, 3.05) is 13.2 Å². The van der Waals surface area contributed by atoms with Crippen LogP contribution in [0.1, 0.15) is 61.8 Å². The van der Waals surface area contributed by atoms with Gasteiger partial charge in [-0.15, -0.1) is 0 Å². The van der Waals surface area contributed by atoms with Crippen molar-refractivity contribution < 1.29 is 27.9 Å². The fourth-order valence-electron chi connectivity index (χ4n) is 4.75. The van der Waals surface area contributed by atoms with Crippen LogP contribution in [0.15, 0.2) is 0 Å². The third-order valence-corrected chi connectivity index (χ3v) is 16.7. The number of hydrogen-bond donors (Lipinski definition) is 2. The zero-order chi connectivity index (χ0) is 21.5. The van der Waals surface area contributed by atoms with Crippen molar-refractivity contribution >= 4 is 25.0 Å². The minimum absolute atomic E-state index is 0.0902. The Bertz CT molecular complexity index is 517. The molecule has 2 saturated heterocycles. The maximum Gasteiger partial charge on any atom is 0.335 e. The van der Waals surface area contributed by atoms with Crippen LogP contribution in [-0.2, 0) is 17.7 Å². The molecular formula is C19H39BO6Si2. The molecule has 0 aliphatic carbocycles. The molecule has 0 saturated carbocycles. The minimum Gasteiger partial charge on any atom is -0.414 e. The molecule has 162 valence electrons. The van der Waals surface area contributed by atoms with Crippen molar-refractivity contribution in [2.24, 2.45) is 0 Å². The highest BCUT2D eigenvalue weighted by Crippen LogP contribution is 2.49. The number of fused-ring (bicyclic) bond motifs is 1. The van der Waals surface area contributed by atoms with E-state index in [2.05, 4.69) is 55.4 Å². The van der Waals surface area contributed by atoms with E-state index in [1.807, 2.05) is 0 Å². The molecule has 2 N–H and O–H groups in total. The average molecular weight is 430 g/mol. The molecule has 4 atom stereocenters. The summed E-state index contributed by atoms with van der Waals surface area (Å²) in [4.78, 5) is 0. The standard InChI is InChI=1S/C19H39BO6Si2/c1-12(2)27(13(3)4)23-11-16-17(19(22,9-10-21)18(20)24-16)25-28(26-27,14(5)6)15(7)8/h12-18,21-22H,9-11H2,1-8H3/t16?,17-,18?,19+/m1/s1. The second-order valence-corrected chi connectivity index (χ2v) is 18.4. The largest absolute Gasteiger partial charge is 0.414 e. The first-order valence-electron chi connectivity index (χ1n) is 10.6. The summed E-state index contributed by atoms with van der Waals surface area (Å²) in [5.74, 6) is 0. The first kappa shape index (κ1) is 24.5. The first-order chi connectivity index (χ1) is 12.9. The molecule has 2 aliphatic heterocycles. The van der Waals surface area contributed by atoms with Gasteiger partial charge >= 0.3 is 17.1 Å². The third kappa shape index (κ3) is 3.93. The predicted molar refractivity (Wildman–Crippen MR) is 115 cm³/mol. The molecule has 9 heteroatoms. The molecule has 6 nitrogen and oxygen atoms in total. The van der Waals surface area contributed by atoms with Gasteiger partial charge in [0.1, 0.15) is 25.7 Å². The molecule has 2 rings (SSSR count). The van der Waals surface area contributed by atoms with Crippen molar-refractivity contribution in [3.05, 3.63) is 0 Å². The summed E-state index contributed by atoms with van der Waals surface area (Å²) in [7, 11) is 0.659. The molecule has 2 radical (unpaired) electrons. The lowest BCUT2D eigenvalue weighted by molar-refractivity contribution is -0.0793. The van der Waals surface area contributed by atoms with Crippen LogP contribution in [0.25, 0.3) is 0 Å². The van der Waals surface area contributed by atoms with E-state index < -0.39 is 40.9 Å². The fraction of sp³-hybridized carbons (Fsp3) is 1.00. The molecule has 0 aromatic heterocycles. The molecule has 2 heterocycles. The Hall–Kier alpha value is 0.259. The second-order valence-electron chi connectivity index (χ2n) is 9.57. The molecule has 0 aromatic carbocycles. The van der Waals surface area contributed by atoms with E-state index in [4.69, 9.17) is 25.6 Å². The monoisotopic (exact) mass is 430 g/mol. The van der Waals surface area contributed by atoms with E-state index in [9.17, 15) is 10.2 Å². The highest BCUT2D eigenvalue weighted by atomic mass is 28.5. The highest BCUT2D eigenvalue weighted by molar-refractivity contribution is 6.84. The number of ether oxygens (including phenoxy) is 1. The van der Waals surface area contributed by atoms with E-state index in [0.29, 0.717) is 0 Å². The Morgan fingerprint density at radius 3 is 1.89 bits per heavy atom. The van der Waals surface area contributed by atoms with Gasteiger partial charge in [-0.25, -0.2) is 0 Å². The molecule has 0 spiro atoms. The molecular weight excluding hydrogens is 391 g/mol. The highest BCUT2D eigenvalue weighted by Gasteiger charge is 2.64. The van der Waals surface area contributed by atoms with Crippen LogP contribution in [0.5, 0.6) is 0 Å². The first-order valence-corrected chi connectivity index (χ1v) is 14.6. The van der Waals surface area contributed by atoms with Crippen molar-refractivity contribution in [3.8, 4) is 0 Å². The lowest BCUT2D eigenvalue weighted by atomic mass is 9.78. The van der Waals surface area contributed by atoms with Gasteiger partial charge in [0, 0.05) is 19.0 Å². The van der Waals surface area contributed by atoms with Crippen LogP contribution in [0.3, 0.4) is 0 Å². The van der Waals surface area contributed by atoms with E-state index in [1.54, 1.807) is 0 Å². The normalized spacial score (nSPS) is 35.4. The van der Waals surface area contributed by atoms with Gasteiger partial charge < -0.3 is 27.9 Å². The van der Waals surface area contributed by atoms with Crippen LogP contribution < -0.4 is 0 Å².